The van der Waals surface area contributed by atoms with Crippen molar-refractivity contribution in [1.82, 2.24) is 9.47 Å². The van der Waals surface area contributed by atoms with Gasteiger partial charge in [-0.2, -0.15) is 0 Å². The van der Waals surface area contributed by atoms with E-state index in [1.54, 1.807) is 7.05 Å². The van der Waals surface area contributed by atoms with Gasteiger partial charge in [-0.1, -0.05) is 0 Å². The van der Waals surface area contributed by atoms with E-state index < -0.39 is 34.6 Å². The van der Waals surface area contributed by atoms with Crippen LogP contribution in [0.5, 0.6) is 5.75 Å². The number of aliphatic hydroxyl groups excluding tert-OH is 1. The van der Waals surface area contributed by atoms with Crippen molar-refractivity contribution in [3.05, 3.63) is 27.7 Å². The predicted octanol–water partition coefficient (Wildman–Crippen LogP) is -0.834. The Morgan fingerprint density at radius 2 is 2.00 bits per heavy atom. The number of carbonyl (C=O) groups is 2. The summed E-state index contributed by atoms with van der Waals surface area (Å²) in [7, 11) is 1.56. The fourth-order valence-corrected chi connectivity index (χ4v) is 3.27. The van der Waals surface area contributed by atoms with Crippen LogP contribution in [-0.2, 0) is 5.54 Å². The smallest absolute Gasteiger partial charge is 0.274 e. The van der Waals surface area contributed by atoms with E-state index in [0.29, 0.717) is 19.4 Å². The molecule has 0 saturated heterocycles. The molecule has 0 radical (unpaired) electrons. The third-order valence-electron chi connectivity index (χ3n) is 4.27. The van der Waals surface area contributed by atoms with E-state index in [2.05, 4.69) is 0 Å². The number of nitrogens with two attached hydrogens (primary N) is 1. The van der Waals surface area contributed by atoms with Crippen molar-refractivity contribution in [3.8, 4) is 5.75 Å². The van der Waals surface area contributed by atoms with Gasteiger partial charge in [0, 0.05) is 19.8 Å². The number of rotatable bonds is 1. The zero-order chi connectivity index (χ0) is 15.5. The van der Waals surface area contributed by atoms with Crippen LogP contribution in [-0.4, -0.2) is 51.2 Å². The molecule has 2 amide bonds. The molecule has 22 heavy (non-hydrogen) atoms. The van der Waals surface area contributed by atoms with Crippen LogP contribution in [0.25, 0.3) is 0 Å². The predicted molar refractivity (Wildman–Crippen MR) is 81.4 cm³/mol. The summed E-state index contributed by atoms with van der Waals surface area (Å²) in [6.45, 7) is 0.330. The second kappa shape index (κ2) is 5.10. The first kappa shape index (κ1) is 16.5. The molecule has 2 heterocycles. The summed E-state index contributed by atoms with van der Waals surface area (Å²) >= 11 is 0. The van der Waals surface area contributed by atoms with Crippen molar-refractivity contribution in [2.24, 2.45) is 5.73 Å². The van der Waals surface area contributed by atoms with Crippen molar-refractivity contribution in [3.63, 3.8) is 0 Å². The summed E-state index contributed by atoms with van der Waals surface area (Å²) in [5, 5.41) is 19.6. The lowest BCUT2D eigenvalue weighted by Gasteiger charge is -2.52. The summed E-state index contributed by atoms with van der Waals surface area (Å²) in [6, 6.07) is 0. The second-order valence-electron chi connectivity index (χ2n) is 5.75. The molecule has 8 nitrogen and oxygen atoms in total. The number of primary amides is 1. The average Bonchev–Trinajstić information content (AvgIpc) is 2.36. The quantitative estimate of drug-likeness (QED) is 0.591. The molecule has 0 bridgehead atoms. The van der Waals surface area contributed by atoms with Gasteiger partial charge >= 0.3 is 0 Å². The van der Waals surface area contributed by atoms with E-state index in [9.17, 15) is 24.6 Å². The minimum Gasteiger partial charge on any atom is -0.503 e. The van der Waals surface area contributed by atoms with Crippen molar-refractivity contribution in [2.75, 3.05) is 13.6 Å². The average molecular weight is 374 g/mol. The van der Waals surface area contributed by atoms with Gasteiger partial charge in [0.1, 0.15) is 5.56 Å². The molecule has 2 aliphatic rings. The van der Waals surface area contributed by atoms with Gasteiger partial charge in [-0.05, 0) is 12.8 Å². The van der Waals surface area contributed by atoms with Gasteiger partial charge in [0.2, 0.25) is 5.43 Å². The molecule has 0 atom stereocenters. The summed E-state index contributed by atoms with van der Waals surface area (Å²) in [4.78, 5) is 36.9. The summed E-state index contributed by atoms with van der Waals surface area (Å²) in [5.41, 5.74) is 3.05. The number of aliphatic hydroxyl groups is 1. The highest BCUT2D eigenvalue weighted by atomic mass is 79.9. The van der Waals surface area contributed by atoms with Gasteiger partial charge in [-0.15, -0.1) is 17.0 Å². The van der Waals surface area contributed by atoms with Crippen molar-refractivity contribution < 1.29 is 19.8 Å². The van der Waals surface area contributed by atoms with E-state index in [1.807, 2.05) is 0 Å². The molecule has 1 aromatic rings. The molecule has 0 unspecified atom stereocenters. The number of likely N-dealkylation sites (N-methyl/N-ethyl adjacent to an activating group) is 1. The molecule has 120 valence electrons. The fourth-order valence-electron chi connectivity index (χ4n) is 3.27. The summed E-state index contributed by atoms with van der Waals surface area (Å²) in [5.74, 6) is -2.25. The Kier molecular flexibility index (Phi) is 3.82. The zero-order valence-corrected chi connectivity index (χ0v) is 13.5. The second-order valence-corrected chi connectivity index (χ2v) is 5.75. The maximum atomic E-state index is 12.2. The lowest BCUT2D eigenvalue weighted by Crippen LogP contribution is -2.61. The topological polar surface area (TPSA) is 126 Å². The molecule has 1 spiro atoms. The van der Waals surface area contributed by atoms with Gasteiger partial charge in [0.05, 0.1) is 11.6 Å². The number of hydrogen-bond acceptors (Lipinski definition) is 5. The molecular weight excluding hydrogens is 358 g/mol. The lowest BCUT2D eigenvalue weighted by atomic mass is 9.72. The van der Waals surface area contributed by atoms with Crippen LogP contribution >= 0.6 is 17.0 Å². The maximum absolute atomic E-state index is 12.2. The number of fused-ring (bicyclic) bond motifs is 2. The molecule has 1 saturated carbocycles. The van der Waals surface area contributed by atoms with E-state index >= 15 is 0 Å². The highest BCUT2D eigenvalue weighted by Crippen LogP contribution is 2.44. The summed E-state index contributed by atoms with van der Waals surface area (Å²) < 4.78 is 1.43. The molecule has 1 fully saturated rings. The number of carbonyl (C=O) groups excluding carboxylic acids is 2. The third-order valence-corrected chi connectivity index (χ3v) is 4.27. The van der Waals surface area contributed by atoms with Crippen LogP contribution in [0.3, 0.4) is 0 Å². The van der Waals surface area contributed by atoms with Gasteiger partial charge < -0.3 is 25.4 Å². The van der Waals surface area contributed by atoms with Crippen molar-refractivity contribution >= 4 is 28.8 Å². The van der Waals surface area contributed by atoms with Crippen molar-refractivity contribution in [2.45, 2.75) is 24.5 Å². The maximum Gasteiger partial charge on any atom is 0.274 e. The van der Waals surface area contributed by atoms with Crippen LogP contribution in [0.1, 0.15) is 33.7 Å². The Bertz CT molecular complexity index is 723. The SMILES string of the molecule is Br.CN1CC2(CC(O)C2)n2cc(C(N)=O)c(=O)c(O)c2C1=O. The highest BCUT2D eigenvalue weighted by molar-refractivity contribution is 8.93. The standard InChI is InChI=1S/C13H15N3O5.BrH/c1-15-5-13(2-6(17)3-13)16-4-7(11(14)20)9(18)10(19)8(16)12(15)21;/h4,6,17,19H,2-3,5H2,1H3,(H2,14,20);1H. The van der Waals surface area contributed by atoms with Crippen molar-refractivity contribution in [1.29, 1.82) is 0 Å². The van der Waals surface area contributed by atoms with Crippen LogP contribution in [0, 0.1) is 0 Å². The molecule has 9 heteroatoms. The first-order valence-corrected chi connectivity index (χ1v) is 6.49. The van der Waals surface area contributed by atoms with E-state index in [4.69, 9.17) is 5.73 Å². The van der Waals surface area contributed by atoms with Crippen LogP contribution in [0.15, 0.2) is 11.0 Å². The highest BCUT2D eigenvalue weighted by Gasteiger charge is 2.51. The first-order valence-electron chi connectivity index (χ1n) is 6.49. The summed E-state index contributed by atoms with van der Waals surface area (Å²) in [6.07, 6.45) is 1.45. The number of pyridine rings is 1. The molecule has 4 N–H and O–H groups in total. The molecular formula is C13H16BrN3O5. The largest absolute Gasteiger partial charge is 0.503 e. The number of halogens is 1. The van der Waals surface area contributed by atoms with E-state index in [1.165, 1.54) is 15.7 Å². The number of aromatic hydroxyl groups is 1. The Hall–Kier alpha value is -1.87. The Morgan fingerprint density at radius 1 is 1.41 bits per heavy atom. The number of amides is 2. The van der Waals surface area contributed by atoms with Gasteiger partial charge in [0.25, 0.3) is 11.8 Å². The minimum absolute atomic E-state index is 0. The molecule has 1 aliphatic carbocycles. The Labute approximate surface area is 135 Å². The fraction of sp³-hybridized carbons (Fsp3) is 0.462. The van der Waals surface area contributed by atoms with Crippen LogP contribution in [0.2, 0.25) is 0 Å². The monoisotopic (exact) mass is 373 g/mol. The Morgan fingerprint density at radius 3 is 2.50 bits per heavy atom. The van der Waals surface area contributed by atoms with Gasteiger partial charge in [0.15, 0.2) is 11.4 Å². The van der Waals surface area contributed by atoms with Gasteiger partial charge in [-0.3, -0.25) is 14.4 Å². The molecule has 1 aliphatic heterocycles. The lowest BCUT2D eigenvalue weighted by molar-refractivity contribution is -0.0453. The first-order chi connectivity index (χ1) is 9.77. The normalized spacial score (nSPS) is 26.2. The van der Waals surface area contributed by atoms with E-state index in [-0.39, 0.29) is 28.2 Å². The number of aromatic nitrogens is 1. The van der Waals surface area contributed by atoms with Crippen LogP contribution in [0.4, 0.5) is 0 Å². The zero-order valence-electron chi connectivity index (χ0n) is 11.8. The third kappa shape index (κ3) is 2.03. The number of hydrogen-bond donors (Lipinski definition) is 3. The van der Waals surface area contributed by atoms with Gasteiger partial charge in [-0.25, -0.2) is 0 Å². The minimum atomic E-state index is -0.966. The molecule has 3 rings (SSSR count). The van der Waals surface area contributed by atoms with E-state index in [0.717, 1.165) is 0 Å². The molecule has 0 aromatic carbocycles. The number of nitrogens with zero attached hydrogens (tertiary/aromatic N) is 2. The van der Waals surface area contributed by atoms with Crippen LogP contribution < -0.4 is 11.2 Å². The Balaban J connectivity index is 0.00000176. The molecule has 1 aromatic heterocycles.